The number of allylic oxidation sites excluding steroid dienone is 2. The molecule has 0 aromatic carbocycles. The second kappa shape index (κ2) is 22.7. The van der Waals surface area contributed by atoms with Crippen LogP contribution in [-0.4, -0.2) is 0 Å². The molecule has 0 aliphatic carbocycles. The molecule has 0 radical (unpaired) electrons. The molecule has 0 aromatic heterocycles. The van der Waals surface area contributed by atoms with Crippen LogP contribution in [0.15, 0.2) is 12.2 Å². The van der Waals surface area contributed by atoms with Crippen LogP contribution in [0.2, 0.25) is 0 Å². The summed E-state index contributed by atoms with van der Waals surface area (Å²) in [6.45, 7) is 4.59. The van der Waals surface area contributed by atoms with Crippen molar-refractivity contribution in [3.05, 3.63) is 12.2 Å². The summed E-state index contributed by atoms with van der Waals surface area (Å²) in [5.41, 5.74) is 0. The van der Waals surface area contributed by atoms with Crippen LogP contribution in [0, 0.1) is 0 Å². The number of hydrogen-bond acceptors (Lipinski definition) is 0. The molecule has 0 unspecified atom stereocenters. The minimum absolute atomic E-state index is 1.31. The highest BCUT2D eigenvalue weighted by Gasteiger charge is 1.92. The van der Waals surface area contributed by atoms with Crippen molar-refractivity contribution in [2.45, 2.75) is 142 Å². The van der Waals surface area contributed by atoms with E-state index in [1.807, 2.05) is 0 Å². The zero-order valence-electron chi connectivity index (χ0n) is 17.3. The molecule has 0 spiro atoms. The molecular weight excluding hydrogens is 288 g/mol. The Morgan fingerprint density at radius 2 is 0.583 bits per heavy atom. The van der Waals surface area contributed by atoms with Gasteiger partial charge < -0.3 is 0 Å². The highest BCUT2D eigenvalue weighted by atomic mass is 14.0. The van der Waals surface area contributed by atoms with Crippen LogP contribution in [-0.2, 0) is 0 Å². The zero-order valence-corrected chi connectivity index (χ0v) is 17.3. The van der Waals surface area contributed by atoms with Crippen LogP contribution >= 0.6 is 0 Å². The summed E-state index contributed by atoms with van der Waals surface area (Å²) in [5, 5.41) is 0. The smallest absolute Gasteiger partial charge is 0.0351 e. The average Bonchev–Trinajstić information content (AvgIpc) is 2.60. The summed E-state index contributed by atoms with van der Waals surface area (Å²) < 4.78 is 0. The van der Waals surface area contributed by atoms with Crippen molar-refractivity contribution >= 4 is 0 Å². The summed E-state index contributed by atoms with van der Waals surface area (Å²) in [4.78, 5) is 0. The first-order valence-corrected chi connectivity index (χ1v) is 11.6. The van der Waals surface area contributed by atoms with Gasteiger partial charge in [0, 0.05) is 0 Å². The second-order valence-corrected chi connectivity index (χ2v) is 7.71. The maximum Gasteiger partial charge on any atom is -0.0351 e. The average molecular weight is 337 g/mol. The van der Waals surface area contributed by atoms with Crippen molar-refractivity contribution < 1.29 is 0 Å². The Hall–Kier alpha value is -0.260. The minimum atomic E-state index is 1.31. The minimum Gasteiger partial charge on any atom is -0.0885 e. The lowest BCUT2D eigenvalue weighted by Gasteiger charge is -2.01. The van der Waals surface area contributed by atoms with Gasteiger partial charge in [0.05, 0.1) is 0 Å². The normalized spacial score (nSPS) is 11.6. The van der Waals surface area contributed by atoms with Crippen LogP contribution in [0.5, 0.6) is 0 Å². The Morgan fingerprint density at radius 1 is 0.333 bits per heavy atom. The molecule has 0 amide bonds. The molecule has 0 fully saturated rings. The van der Waals surface area contributed by atoms with Crippen molar-refractivity contribution in [3.63, 3.8) is 0 Å². The van der Waals surface area contributed by atoms with E-state index in [4.69, 9.17) is 0 Å². The van der Waals surface area contributed by atoms with Gasteiger partial charge >= 0.3 is 0 Å². The molecule has 0 nitrogen and oxygen atoms in total. The van der Waals surface area contributed by atoms with Crippen molar-refractivity contribution in [3.8, 4) is 0 Å². The van der Waals surface area contributed by atoms with Crippen LogP contribution in [0.1, 0.15) is 142 Å². The molecular formula is C24H48. The van der Waals surface area contributed by atoms with Crippen molar-refractivity contribution in [1.29, 1.82) is 0 Å². The van der Waals surface area contributed by atoms with Crippen LogP contribution in [0.4, 0.5) is 0 Å². The van der Waals surface area contributed by atoms with E-state index in [1.54, 1.807) is 0 Å². The summed E-state index contributed by atoms with van der Waals surface area (Å²) in [6.07, 6.45) is 33.4. The fourth-order valence-electron chi connectivity index (χ4n) is 3.38. The summed E-state index contributed by atoms with van der Waals surface area (Å²) in [6, 6.07) is 0. The maximum atomic E-state index is 2.44. The van der Waals surface area contributed by atoms with Gasteiger partial charge in [0.25, 0.3) is 0 Å². The first-order valence-electron chi connectivity index (χ1n) is 11.6. The Morgan fingerprint density at radius 3 is 0.875 bits per heavy atom. The third-order valence-corrected chi connectivity index (χ3v) is 5.12. The monoisotopic (exact) mass is 336 g/mol. The molecule has 0 aliphatic rings. The van der Waals surface area contributed by atoms with Gasteiger partial charge in [-0.3, -0.25) is 0 Å². The SMILES string of the molecule is CCCCCCCCCCC/C=C\CCCCCCCCCCC. The second-order valence-electron chi connectivity index (χ2n) is 7.71. The topological polar surface area (TPSA) is 0 Å². The molecule has 0 bridgehead atoms. The third-order valence-electron chi connectivity index (χ3n) is 5.12. The van der Waals surface area contributed by atoms with E-state index >= 15 is 0 Å². The van der Waals surface area contributed by atoms with E-state index in [0.29, 0.717) is 0 Å². The van der Waals surface area contributed by atoms with E-state index in [0.717, 1.165) is 0 Å². The molecule has 0 saturated heterocycles. The first kappa shape index (κ1) is 23.7. The molecule has 24 heavy (non-hydrogen) atoms. The lowest BCUT2D eigenvalue weighted by molar-refractivity contribution is 0.564. The zero-order chi connectivity index (χ0) is 17.6. The molecule has 0 heterocycles. The van der Waals surface area contributed by atoms with E-state index in [2.05, 4.69) is 26.0 Å². The molecule has 0 heteroatoms. The fraction of sp³-hybridized carbons (Fsp3) is 0.917. The van der Waals surface area contributed by atoms with Gasteiger partial charge in [-0.2, -0.15) is 0 Å². The molecule has 0 atom stereocenters. The number of hydrogen-bond donors (Lipinski definition) is 0. The Balaban J connectivity index is 3.04. The predicted octanol–water partition coefficient (Wildman–Crippen LogP) is 9.38. The van der Waals surface area contributed by atoms with E-state index in [-0.39, 0.29) is 0 Å². The third kappa shape index (κ3) is 21.7. The highest BCUT2D eigenvalue weighted by Crippen LogP contribution is 2.12. The van der Waals surface area contributed by atoms with Gasteiger partial charge in [0.15, 0.2) is 0 Å². The lowest BCUT2D eigenvalue weighted by atomic mass is 10.1. The Bertz CT molecular complexity index is 204. The highest BCUT2D eigenvalue weighted by molar-refractivity contribution is 4.81. The van der Waals surface area contributed by atoms with Gasteiger partial charge in [0.1, 0.15) is 0 Å². The number of unbranched alkanes of at least 4 members (excludes halogenated alkanes) is 18. The number of rotatable bonds is 20. The molecule has 0 N–H and O–H groups in total. The standard InChI is InChI=1S/C24H48/c1-3-5-7-9-11-13-15-17-19-21-23-24-22-20-18-16-14-12-10-8-6-4-2/h23-24H,3-22H2,1-2H3/b24-23-. The summed E-state index contributed by atoms with van der Waals surface area (Å²) >= 11 is 0. The van der Waals surface area contributed by atoms with Crippen molar-refractivity contribution in [2.75, 3.05) is 0 Å². The van der Waals surface area contributed by atoms with E-state index in [9.17, 15) is 0 Å². The Labute approximate surface area is 154 Å². The van der Waals surface area contributed by atoms with Crippen LogP contribution in [0.3, 0.4) is 0 Å². The Kier molecular flexibility index (Phi) is 22.5. The van der Waals surface area contributed by atoms with Gasteiger partial charge in [0.2, 0.25) is 0 Å². The van der Waals surface area contributed by atoms with Crippen molar-refractivity contribution in [2.24, 2.45) is 0 Å². The van der Waals surface area contributed by atoms with Crippen molar-refractivity contribution in [1.82, 2.24) is 0 Å². The summed E-state index contributed by atoms with van der Waals surface area (Å²) in [7, 11) is 0. The first-order chi connectivity index (χ1) is 11.9. The van der Waals surface area contributed by atoms with E-state index < -0.39 is 0 Å². The molecule has 144 valence electrons. The van der Waals surface area contributed by atoms with Crippen LogP contribution < -0.4 is 0 Å². The lowest BCUT2D eigenvalue weighted by Crippen LogP contribution is -1.81. The quantitative estimate of drug-likeness (QED) is 0.153. The van der Waals surface area contributed by atoms with E-state index in [1.165, 1.54) is 128 Å². The van der Waals surface area contributed by atoms with Gasteiger partial charge in [-0.15, -0.1) is 0 Å². The maximum absolute atomic E-state index is 2.44. The molecule has 0 aromatic rings. The fourth-order valence-corrected chi connectivity index (χ4v) is 3.38. The predicted molar refractivity (Wildman–Crippen MR) is 113 cm³/mol. The molecule has 0 saturated carbocycles. The van der Waals surface area contributed by atoms with Gasteiger partial charge in [-0.1, -0.05) is 129 Å². The molecule has 0 aliphatic heterocycles. The molecule has 0 rings (SSSR count). The van der Waals surface area contributed by atoms with Gasteiger partial charge in [-0.25, -0.2) is 0 Å². The van der Waals surface area contributed by atoms with Crippen LogP contribution in [0.25, 0.3) is 0 Å². The summed E-state index contributed by atoms with van der Waals surface area (Å²) in [5.74, 6) is 0. The van der Waals surface area contributed by atoms with Gasteiger partial charge in [-0.05, 0) is 25.7 Å². The largest absolute Gasteiger partial charge is 0.0885 e.